The van der Waals surface area contributed by atoms with Crippen LogP contribution in [0.15, 0.2) is 82.8 Å². The van der Waals surface area contributed by atoms with Crippen LogP contribution in [0, 0.1) is 0 Å². The monoisotopic (exact) mass is 967 g/mol. The van der Waals surface area contributed by atoms with Gasteiger partial charge in [-0.3, -0.25) is 39.0 Å². The number of amides is 7. The summed E-state index contributed by atoms with van der Waals surface area (Å²) in [5, 5.41) is 11.0. The van der Waals surface area contributed by atoms with Gasteiger partial charge in [0.25, 0.3) is 17.7 Å². The first-order valence-electron chi connectivity index (χ1n) is 21.1. The Balaban J connectivity index is 1.58. The fourth-order valence-electron chi connectivity index (χ4n) is 6.47. The molecule has 23 nitrogen and oxygen atoms in total. The van der Waals surface area contributed by atoms with Gasteiger partial charge in [-0.15, -0.1) is 5.10 Å². The number of rotatable bonds is 26. The minimum absolute atomic E-state index is 0.00686. The summed E-state index contributed by atoms with van der Waals surface area (Å²) in [5.41, 5.74) is 9.12. The Kier molecular flexibility index (Phi) is 20.6. The SMILES string of the molecule is COCCCN(CC(=O)N(CCc1ccc(S(N)(=O)=O)cc1)CC(N)=O)C(=O)CN(CCCOC)C(=O)CN(NC(=O)c1ccc(OC)cc1)C(=O)CN1N=C(c2ccc(OC)cc2)OCC1=O. The van der Waals surface area contributed by atoms with Gasteiger partial charge in [0.05, 0.1) is 38.7 Å². The second-order valence-corrected chi connectivity index (χ2v) is 16.6. The minimum Gasteiger partial charge on any atom is -0.497 e. The molecule has 0 saturated heterocycles. The number of methoxy groups -OCH3 is 4. The van der Waals surface area contributed by atoms with Crippen LogP contribution >= 0.6 is 0 Å². The summed E-state index contributed by atoms with van der Waals surface area (Å²) in [6, 6.07) is 18.1. The number of ether oxygens (including phenoxy) is 5. The van der Waals surface area contributed by atoms with Crippen LogP contribution in [0.5, 0.6) is 11.5 Å². The van der Waals surface area contributed by atoms with Crippen molar-refractivity contribution in [2.75, 3.05) is 101 Å². The molecule has 368 valence electrons. The topological polar surface area (TPSA) is 292 Å². The molecule has 0 saturated carbocycles. The summed E-state index contributed by atoms with van der Waals surface area (Å²) in [5.74, 6) is -4.35. The number of sulfonamides is 1. The van der Waals surface area contributed by atoms with Crippen LogP contribution in [0.3, 0.4) is 0 Å². The van der Waals surface area contributed by atoms with Crippen molar-refractivity contribution in [1.82, 2.24) is 30.1 Å². The van der Waals surface area contributed by atoms with E-state index in [1.54, 1.807) is 24.3 Å². The van der Waals surface area contributed by atoms with Gasteiger partial charge in [-0.05, 0) is 85.5 Å². The number of hydrazine groups is 1. The Labute approximate surface area is 393 Å². The van der Waals surface area contributed by atoms with E-state index in [9.17, 15) is 42.0 Å². The predicted molar refractivity (Wildman–Crippen MR) is 243 cm³/mol. The summed E-state index contributed by atoms with van der Waals surface area (Å²) in [6.45, 7) is -3.38. The van der Waals surface area contributed by atoms with E-state index in [-0.39, 0.29) is 68.5 Å². The van der Waals surface area contributed by atoms with E-state index < -0.39 is 90.7 Å². The van der Waals surface area contributed by atoms with Crippen LogP contribution < -0.4 is 25.8 Å². The molecule has 1 aliphatic heterocycles. The molecule has 4 rings (SSSR count). The lowest BCUT2D eigenvalue weighted by molar-refractivity contribution is -0.149. The van der Waals surface area contributed by atoms with Crippen molar-refractivity contribution in [2.45, 2.75) is 24.2 Å². The number of hydrazone groups is 1. The molecule has 68 heavy (non-hydrogen) atoms. The maximum atomic E-state index is 14.3. The van der Waals surface area contributed by atoms with E-state index in [1.165, 1.54) is 81.9 Å². The Morgan fingerprint density at radius 2 is 1.22 bits per heavy atom. The highest BCUT2D eigenvalue weighted by Crippen LogP contribution is 2.17. The lowest BCUT2D eigenvalue weighted by Gasteiger charge is -2.31. The molecule has 0 spiro atoms. The van der Waals surface area contributed by atoms with Crippen LogP contribution in [0.4, 0.5) is 0 Å². The van der Waals surface area contributed by atoms with Crippen molar-refractivity contribution in [3.8, 4) is 11.5 Å². The molecule has 0 atom stereocenters. The molecule has 7 amide bonds. The number of nitrogens with two attached hydrogens (primary N) is 2. The predicted octanol–water partition coefficient (Wildman–Crippen LogP) is -0.668. The highest BCUT2D eigenvalue weighted by Gasteiger charge is 2.31. The van der Waals surface area contributed by atoms with E-state index in [2.05, 4.69) is 10.5 Å². The third-order valence-corrected chi connectivity index (χ3v) is 11.1. The number of hydrogen-bond donors (Lipinski definition) is 3. The van der Waals surface area contributed by atoms with Crippen molar-refractivity contribution in [3.05, 3.63) is 89.5 Å². The molecule has 0 aromatic heterocycles. The molecule has 5 N–H and O–H groups in total. The van der Waals surface area contributed by atoms with Gasteiger partial charge in [0.1, 0.15) is 24.6 Å². The van der Waals surface area contributed by atoms with Gasteiger partial charge in [0.15, 0.2) is 6.61 Å². The lowest BCUT2D eigenvalue weighted by Crippen LogP contribution is -2.55. The number of primary amides is 1. The van der Waals surface area contributed by atoms with Crippen LogP contribution in [-0.4, -0.2) is 181 Å². The lowest BCUT2D eigenvalue weighted by atomic mass is 10.1. The van der Waals surface area contributed by atoms with Gasteiger partial charge >= 0.3 is 0 Å². The Hall–Kier alpha value is -7.15. The third-order valence-electron chi connectivity index (χ3n) is 10.2. The zero-order chi connectivity index (χ0) is 49.8. The molecule has 24 heteroatoms. The van der Waals surface area contributed by atoms with Crippen molar-refractivity contribution in [1.29, 1.82) is 0 Å². The highest BCUT2D eigenvalue weighted by molar-refractivity contribution is 7.89. The van der Waals surface area contributed by atoms with E-state index in [0.717, 1.165) is 19.8 Å². The average Bonchev–Trinajstić information content (AvgIpc) is 3.32. The number of benzene rings is 3. The molecule has 0 aliphatic carbocycles. The number of primary sulfonamides is 1. The Morgan fingerprint density at radius 3 is 1.72 bits per heavy atom. The first-order valence-corrected chi connectivity index (χ1v) is 22.6. The first-order chi connectivity index (χ1) is 32.4. The van der Waals surface area contributed by atoms with Gasteiger partial charge < -0.3 is 44.1 Å². The molecular formula is C44H57N9O14S. The van der Waals surface area contributed by atoms with Crippen molar-refractivity contribution in [3.63, 3.8) is 0 Å². The molecule has 3 aromatic carbocycles. The normalized spacial score (nSPS) is 12.3. The largest absolute Gasteiger partial charge is 0.497 e. The number of nitrogens with zero attached hydrogens (tertiary/aromatic N) is 6. The smallest absolute Gasteiger partial charge is 0.281 e. The zero-order valence-electron chi connectivity index (χ0n) is 38.3. The van der Waals surface area contributed by atoms with E-state index in [0.29, 0.717) is 22.6 Å². The van der Waals surface area contributed by atoms with E-state index in [1.807, 2.05) is 0 Å². The van der Waals surface area contributed by atoms with Gasteiger partial charge in [-0.25, -0.2) is 23.6 Å². The quantitative estimate of drug-likeness (QED) is 0.0665. The molecule has 0 bridgehead atoms. The standard InChI is InChI=1S/C44H57N9O14S/c1-63-23-5-20-49(27-39(56)51(25-37(45)54)22-19-31-7-17-36(18-8-31)68(46,61)62)38(55)26-50(21-6-24-64-2)40(57)28-52(47-43(60)32-9-13-34(65-3)14-10-32)41(58)29-53-42(59)30-67-44(48-53)33-11-15-35(66-4)16-12-33/h7-18H,5-6,19-30H2,1-4H3,(H2,45,54)(H,47,60)(H2,46,61,62). The zero-order valence-corrected chi connectivity index (χ0v) is 39.1. The number of carbonyl (C=O) groups excluding carboxylic acids is 7. The fraction of sp³-hybridized carbons (Fsp3) is 0.409. The van der Waals surface area contributed by atoms with E-state index in [4.69, 9.17) is 34.6 Å². The van der Waals surface area contributed by atoms with Crippen molar-refractivity contribution >= 4 is 57.3 Å². The highest BCUT2D eigenvalue weighted by atomic mass is 32.2. The van der Waals surface area contributed by atoms with Crippen LogP contribution in [0.2, 0.25) is 0 Å². The molecular weight excluding hydrogens is 911 g/mol. The van der Waals surface area contributed by atoms with Crippen LogP contribution in [-0.2, 0) is 59.4 Å². The molecule has 3 aromatic rings. The van der Waals surface area contributed by atoms with E-state index >= 15 is 0 Å². The summed E-state index contributed by atoms with van der Waals surface area (Å²) in [4.78, 5) is 98.4. The molecule has 0 unspecified atom stereocenters. The minimum atomic E-state index is -3.94. The van der Waals surface area contributed by atoms with Crippen molar-refractivity contribution in [2.24, 2.45) is 16.0 Å². The average molecular weight is 968 g/mol. The molecule has 0 fully saturated rings. The summed E-state index contributed by atoms with van der Waals surface area (Å²) in [7, 11) is 1.90. The molecule has 1 aliphatic rings. The number of hydrogen-bond acceptors (Lipinski definition) is 15. The maximum Gasteiger partial charge on any atom is 0.281 e. The van der Waals surface area contributed by atoms with Crippen molar-refractivity contribution < 1.29 is 65.7 Å². The van der Waals surface area contributed by atoms with Gasteiger partial charge in [-0.1, -0.05) is 12.1 Å². The van der Waals surface area contributed by atoms with Crippen LogP contribution in [0.1, 0.15) is 34.3 Å². The third kappa shape index (κ3) is 16.6. The molecule has 1 heterocycles. The molecule has 0 radical (unpaired) electrons. The van der Waals surface area contributed by atoms with Gasteiger partial charge in [0.2, 0.25) is 39.5 Å². The van der Waals surface area contributed by atoms with Gasteiger partial charge in [0, 0.05) is 58.2 Å². The Bertz CT molecular complexity index is 2370. The fourth-order valence-corrected chi connectivity index (χ4v) is 6.98. The summed E-state index contributed by atoms with van der Waals surface area (Å²) >= 11 is 0. The summed E-state index contributed by atoms with van der Waals surface area (Å²) < 4.78 is 49.7. The number of nitrogens with one attached hydrogen (secondary N) is 1. The number of carbonyl (C=O) groups is 7. The first kappa shape index (κ1) is 53.5. The van der Waals surface area contributed by atoms with Gasteiger partial charge in [-0.2, -0.15) is 0 Å². The Morgan fingerprint density at radius 1 is 0.706 bits per heavy atom. The second kappa shape index (κ2) is 26.3. The summed E-state index contributed by atoms with van der Waals surface area (Å²) in [6.07, 6.45) is 0.700. The second-order valence-electron chi connectivity index (χ2n) is 15.1. The van der Waals surface area contributed by atoms with Crippen LogP contribution in [0.25, 0.3) is 0 Å². The maximum absolute atomic E-state index is 14.3.